The first-order valence-corrected chi connectivity index (χ1v) is 4.06. The van der Waals surface area contributed by atoms with E-state index < -0.39 is 0 Å². The number of hydrogen-bond donors (Lipinski definition) is 1. The van der Waals surface area contributed by atoms with Gasteiger partial charge >= 0.3 is 0 Å². The van der Waals surface area contributed by atoms with Crippen LogP contribution in [0.1, 0.15) is 20.3 Å². The normalized spacial score (nSPS) is 37.9. The van der Waals surface area contributed by atoms with Gasteiger partial charge in [0.15, 0.2) is 0 Å². The minimum atomic E-state index is 0.404. The fourth-order valence-corrected chi connectivity index (χ4v) is 1.52. The predicted octanol–water partition coefficient (Wildman–Crippen LogP) is 1.18. The Bertz CT molecular complexity index is 167. The highest BCUT2D eigenvalue weighted by atomic mass is 16.4. The van der Waals surface area contributed by atoms with E-state index in [1.54, 1.807) is 0 Å². The van der Waals surface area contributed by atoms with E-state index in [2.05, 4.69) is 31.0 Å². The van der Waals surface area contributed by atoms with E-state index >= 15 is 0 Å². The molecule has 0 saturated carbocycles. The molecule has 0 unspecified atom stereocenters. The molecule has 1 fully saturated rings. The lowest BCUT2D eigenvalue weighted by molar-refractivity contribution is 0.216. The van der Waals surface area contributed by atoms with E-state index in [0.29, 0.717) is 12.0 Å². The molecule has 0 spiro atoms. The second kappa shape index (κ2) is 3.22. The Hall–Kier alpha value is -0.570. The summed E-state index contributed by atoms with van der Waals surface area (Å²) in [5, 5.41) is 11.9. The average molecular weight is 156 g/mol. The van der Waals surface area contributed by atoms with Gasteiger partial charge in [-0.15, -0.1) is 0 Å². The summed E-state index contributed by atoms with van der Waals surface area (Å²) in [6, 6.07) is 0.511. The quantitative estimate of drug-likeness (QED) is 0.422. The van der Waals surface area contributed by atoms with Gasteiger partial charge in [-0.2, -0.15) is 0 Å². The van der Waals surface area contributed by atoms with Crippen LogP contribution in [0.4, 0.5) is 0 Å². The highest BCUT2D eigenvalue weighted by Gasteiger charge is 2.25. The van der Waals surface area contributed by atoms with Crippen LogP contribution in [0.2, 0.25) is 0 Å². The zero-order valence-corrected chi connectivity index (χ0v) is 7.41. The molecule has 1 heterocycles. The Morgan fingerprint density at radius 2 is 2.18 bits per heavy atom. The van der Waals surface area contributed by atoms with Crippen molar-refractivity contribution in [2.45, 2.75) is 26.3 Å². The highest BCUT2D eigenvalue weighted by molar-refractivity contribution is 5.87. The maximum atomic E-state index is 8.63. The predicted molar refractivity (Wildman–Crippen MR) is 45.1 cm³/mol. The monoisotopic (exact) mass is 156 g/mol. The number of hydrogen-bond acceptors (Lipinski definition) is 3. The van der Waals surface area contributed by atoms with Crippen LogP contribution in [0.25, 0.3) is 0 Å². The summed E-state index contributed by atoms with van der Waals surface area (Å²) in [6.07, 6.45) is 0.897. The minimum Gasteiger partial charge on any atom is -0.411 e. The molecule has 1 rings (SSSR count). The molecule has 0 aromatic rings. The molecule has 64 valence electrons. The van der Waals surface area contributed by atoms with Crippen molar-refractivity contribution in [3.63, 3.8) is 0 Å². The second-order valence-corrected chi connectivity index (χ2v) is 3.49. The van der Waals surface area contributed by atoms with Crippen molar-refractivity contribution in [1.82, 2.24) is 4.90 Å². The lowest BCUT2D eigenvalue weighted by Gasteiger charge is -2.33. The van der Waals surface area contributed by atoms with Crippen molar-refractivity contribution in [1.29, 1.82) is 0 Å². The molecule has 0 aromatic heterocycles. The van der Waals surface area contributed by atoms with Crippen molar-refractivity contribution >= 4 is 5.71 Å². The smallest absolute Gasteiger partial charge is 0.0627 e. The van der Waals surface area contributed by atoms with Gasteiger partial charge in [-0.05, 0) is 14.0 Å². The number of likely N-dealkylation sites (tertiary alicyclic amines) is 1. The van der Waals surface area contributed by atoms with Gasteiger partial charge < -0.3 is 10.1 Å². The summed E-state index contributed by atoms with van der Waals surface area (Å²) in [6.45, 7) is 5.25. The van der Waals surface area contributed by atoms with Gasteiger partial charge in [0.1, 0.15) is 0 Å². The van der Waals surface area contributed by atoms with Crippen LogP contribution in [-0.2, 0) is 0 Å². The van der Waals surface area contributed by atoms with Crippen LogP contribution in [0.15, 0.2) is 5.16 Å². The maximum absolute atomic E-state index is 8.63. The van der Waals surface area contributed by atoms with E-state index in [-0.39, 0.29) is 0 Å². The fourth-order valence-electron chi connectivity index (χ4n) is 1.52. The van der Waals surface area contributed by atoms with Crippen molar-refractivity contribution in [3.05, 3.63) is 0 Å². The van der Waals surface area contributed by atoms with E-state index in [4.69, 9.17) is 5.21 Å². The SMILES string of the molecule is C[C@@H]1C/C(=N\O)[C@@H](C)CN1C. The van der Waals surface area contributed by atoms with Gasteiger partial charge in [0.05, 0.1) is 5.71 Å². The van der Waals surface area contributed by atoms with Crippen LogP contribution in [0.5, 0.6) is 0 Å². The largest absolute Gasteiger partial charge is 0.411 e. The maximum Gasteiger partial charge on any atom is 0.0627 e. The second-order valence-electron chi connectivity index (χ2n) is 3.49. The van der Waals surface area contributed by atoms with Gasteiger partial charge in [-0.1, -0.05) is 12.1 Å². The van der Waals surface area contributed by atoms with Crippen LogP contribution in [-0.4, -0.2) is 35.5 Å². The molecular weight excluding hydrogens is 140 g/mol. The molecule has 0 bridgehead atoms. The minimum absolute atomic E-state index is 0.404. The lowest BCUT2D eigenvalue weighted by atomic mass is 9.93. The third-order valence-corrected chi connectivity index (χ3v) is 2.52. The summed E-state index contributed by atoms with van der Waals surface area (Å²) < 4.78 is 0. The molecule has 1 saturated heterocycles. The molecule has 1 aliphatic rings. The zero-order chi connectivity index (χ0) is 8.43. The first kappa shape index (κ1) is 8.53. The molecule has 0 aromatic carbocycles. The average Bonchev–Trinajstić information content (AvgIpc) is 1.97. The Balaban J connectivity index is 2.62. The van der Waals surface area contributed by atoms with E-state index in [1.165, 1.54) is 0 Å². The first-order chi connectivity index (χ1) is 5.15. The number of nitrogens with zero attached hydrogens (tertiary/aromatic N) is 2. The highest BCUT2D eigenvalue weighted by Crippen LogP contribution is 2.17. The summed E-state index contributed by atoms with van der Waals surface area (Å²) in [7, 11) is 2.11. The van der Waals surface area contributed by atoms with Gasteiger partial charge in [0.25, 0.3) is 0 Å². The van der Waals surface area contributed by atoms with Crippen molar-refractivity contribution < 1.29 is 5.21 Å². The molecule has 1 N–H and O–H groups in total. The van der Waals surface area contributed by atoms with Crippen LogP contribution >= 0.6 is 0 Å². The van der Waals surface area contributed by atoms with Crippen molar-refractivity contribution in [2.24, 2.45) is 11.1 Å². The molecule has 0 radical (unpaired) electrons. The molecule has 2 atom stereocenters. The summed E-state index contributed by atoms with van der Waals surface area (Å²) in [5.74, 6) is 0.404. The molecule has 3 nitrogen and oxygen atoms in total. The molecule has 0 aliphatic carbocycles. The molecular formula is C8H16N2O. The van der Waals surface area contributed by atoms with Gasteiger partial charge in [-0.25, -0.2) is 0 Å². The van der Waals surface area contributed by atoms with E-state index in [9.17, 15) is 0 Å². The molecule has 1 aliphatic heterocycles. The van der Waals surface area contributed by atoms with E-state index in [1.807, 2.05) is 0 Å². The van der Waals surface area contributed by atoms with Crippen molar-refractivity contribution in [2.75, 3.05) is 13.6 Å². The zero-order valence-electron chi connectivity index (χ0n) is 7.41. The Labute approximate surface area is 67.7 Å². The van der Waals surface area contributed by atoms with Gasteiger partial charge in [0, 0.05) is 24.9 Å². The molecule has 3 heteroatoms. The summed E-state index contributed by atoms with van der Waals surface area (Å²) in [5.41, 5.74) is 0.940. The third-order valence-electron chi connectivity index (χ3n) is 2.52. The Morgan fingerprint density at radius 3 is 2.73 bits per heavy atom. The van der Waals surface area contributed by atoms with Crippen LogP contribution in [0, 0.1) is 5.92 Å². The van der Waals surface area contributed by atoms with Gasteiger partial charge in [0.2, 0.25) is 0 Å². The topological polar surface area (TPSA) is 35.8 Å². The van der Waals surface area contributed by atoms with Crippen molar-refractivity contribution in [3.8, 4) is 0 Å². The third kappa shape index (κ3) is 1.71. The fraction of sp³-hybridized carbons (Fsp3) is 0.875. The molecule has 11 heavy (non-hydrogen) atoms. The molecule has 0 amide bonds. The number of rotatable bonds is 0. The van der Waals surface area contributed by atoms with Gasteiger partial charge in [-0.3, -0.25) is 0 Å². The van der Waals surface area contributed by atoms with Crippen LogP contribution in [0.3, 0.4) is 0 Å². The summed E-state index contributed by atoms with van der Waals surface area (Å²) in [4.78, 5) is 2.29. The Morgan fingerprint density at radius 1 is 1.55 bits per heavy atom. The summed E-state index contributed by atoms with van der Waals surface area (Å²) >= 11 is 0. The lowest BCUT2D eigenvalue weighted by Crippen LogP contribution is -2.42. The van der Waals surface area contributed by atoms with Crippen LogP contribution < -0.4 is 0 Å². The first-order valence-electron chi connectivity index (χ1n) is 4.06. The number of piperidine rings is 1. The number of oxime groups is 1. The van der Waals surface area contributed by atoms with E-state index in [0.717, 1.165) is 18.7 Å². The Kier molecular flexibility index (Phi) is 2.49. The standard InChI is InChI=1S/C8H16N2O/c1-6-5-10(3)7(2)4-8(6)9-11/h6-7,11H,4-5H2,1-3H3/b9-8+/t6-,7+/m0/s1.